The van der Waals surface area contributed by atoms with Gasteiger partial charge in [-0.15, -0.1) is 0 Å². The van der Waals surface area contributed by atoms with Gasteiger partial charge in [0.2, 0.25) is 5.88 Å². The number of nitrogens with zero attached hydrogens (tertiary/aromatic N) is 2. The lowest BCUT2D eigenvalue weighted by atomic mass is 9.94. The Hall–Kier alpha value is -1.36. The third kappa shape index (κ3) is 4.63. The Morgan fingerprint density at radius 2 is 1.95 bits per heavy atom. The summed E-state index contributed by atoms with van der Waals surface area (Å²) in [5.41, 5.74) is -0.611. The molecule has 1 saturated carbocycles. The molecule has 2 rings (SSSR count). The molecule has 1 aliphatic carbocycles. The Labute approximate surface area is 120 Å². The monoisotopic (exact) mass is 279 g/mol. The van der Waals surface area contributed by atoms with Gasteiger partial charge < -0.3 is 15.2 Å². The number of nitrogens with one attached hydrogen (secondary N) is 1. The zero-order chi connectivity index (χ0) is 14.4. The molecule has 0 saturated heterocycles. The van der Waals surface area contributed by atoms with Gasteiger partial charge in [-0.05, 0) is 26.7 Å². The van der Waals surface area contributed by atoms with E-state index in [-0.39, 0.29) is 6.10 Å². The number of anilines is 1. The van der Waals surface area contributed by atoms with E-state index in [1.54, 1.807) is 6.07 Å². The molecule has 0 aliphatic heterocycles. The highest BCUT2D eigenvalue weighted by Gasteiger charge is 2.27. The zero-order valence-corrected chi connectivity index (χ0v) is 12.4. The molecule has 0 radical (unpaired) electrons. The molecule has 1 fully saturated rings. The lowest BCUT2D eigenvalue weighted by Gasteiger charge is -2.27. The van der Waals surface area contributed by atoms with E-state index in [0.717, 1.165) is 25.7 Å². The average Bonchev–Trinajstić information content (AvgIpc) is 2.62. The molecule has 0 amide bonds. The normalized spacial score (nSPS) is 18.6. The first-order chi connectivity index (χ1) is 9.57. The first-order valence-electron chi connectivity index (χ1n) is 7.52. The quantitative estimate of drug-likeness (QED) is 0.811. The number of aliphatic hydroxyl groups is 1. The molecule has 1 aliphatic rings. The Morgan fingerprint density at radius 1 is 1.25 bits per heavy atom. The third-order valence-electron chi connectivity index (χ3n) is 3.63. The van der Waals surface area contributed by atoms with Crippen LogP contribution < -0.4 is 10.1 Å². The van der Waals surface area contributed by atoms with Gasteiger partial charge in [-0.2, -0.15) is 0 Å². The lowest BCUT2D eigenvalue weighted by molar-refractivity contribution is 0.0380. The first kappa shape index (κ1) is 15.0. The zero-order valence-electron chi connectivity index (χ0n) is 12.4. The average molecular weight is 279 g/mol. The van der Waals surface area contributed by atoms with Gasteiger partial charge in [0.1, 0.15) is 12.1 Å². The fraction of sp³-hybridized carbons (Fsp3) is 0.733. The van der Waals surface area contributed by atoms with Gasteiger partial charge in [0.25, 0.3) is 0 Å². The van der Waals surface area contributed by atoms with Crippen LogP contribution in [-0.4, -0.2) is 33.3 Å². The summed E-state index contributed by atoms with van der Waals surface area (Å²) in [5.74, 6) is 1.26. The summed E-state index contributed by atoms with van der Waals surface area (Å²) in [5, 5.41) is 13.8. The summed E-state index contributed by atoms with van der Waals surface area (Å²) >= 11 is 0. The highest BCUT2D eigenvalue weighted by Crippen LogP contribution is 2.27. The third-order valence-corrected chi connectivity index (χ3v) is 3.63. The lowest BCUT2D eigenvalue weighted by Crippen LogP contribution is -2.36. The van der Waals surface area contributed by atoms with Crippen LogP contribution in [0.3, 0.4) is 0 Å². The second-order valence-corrected chi connectivity index (χ2v) is 5.90. The van der Waals surface area contributed by atoms with Crippen molar-refractivity contribution >= 4 is 5.82 Å². The maximum Gasteiger partial charge on any atom is 0.218 e. The summed E-state index contributed by atoms with van der Waals surface area (Å²) < 4.78 is 5.54. The molecule has 1 aromatic heterocycles. The van der Waals surface area contributed by atoms with E-state index in [0.29, 0.717) is 18.2 Å². The van der Waals surface area contributed by atoms with Crippen molar-refractivity contribution in [3.8, 4) is 5.88 Å². The molecular formula is C15H25N3O2. The Balaban J connectivity index is 1.92. The maximum absolute atomic E-state index is 10.6. The van der Waals surface area contributed by atoms with E-state index >= 15 is 0 Å². The molecular weight excluding hydrogens is 254 g/mol. The second kappa shape index (κ2) is 6.88. The van der Waals surface area contributed by atoms with Crippen molar-refractivity contribution in [2.45, 2.75) is 64.1 Å². The molecule has 112 valence electrons. The van der Waals surface area contributed by atoms with Crippen molar-refractivity contribution in [1.82, 2.24) is 9.97 Å². The fourth-order valence-corrected chi connectivity index (χ4v) is 2.56. The van der Waals surface area contributed by atoms with Gasteiger partial charge in [0.15, 0.2) is 0 Å². The van der Waals surface area contributed by atoms with Crippen molar-refractivity contribution in [3.63, 3.8) is 0 Å². The SMILES string of the molecule is CC(C)Oc1cc(NCC2(O)CCCCCC2)ncn1. The highest BCUT2D eigenvalue weighted by atomic mass is 16.5. The standard InChI is InChI=1S/C15H25N3O2/c1-12(2)20-14-9-13(17-11-18-14)16-10-15(19)7-5-3-4-6-8-15/h9,11-12,19H,3-8,10H2,1-2H3,(H,16,17,18). The molecule has 0 aromatic carbocycles. The molecule has 1 aromatic rings. The van der Waals surface area contributed by atoms with E-state index < -0.39 is 5.60 Å². The first-order valence-corrected chi connectivity index (χ1v) is 7.52. The number of ether oxygens (including phenoxy) is 1. The van der Waals surface area contributed by atoms with Crippen LogP contribution in [0.4, 0.5) is 5.82 Å². The minimum Gasteiger partial charge on any atom is -0.475 e. The Morgan fingerprint density at radius 3 is 2.60 bits per heavy atom. The Bertz CT molecular complexity index is 415. The van der Waals surface area contributed by atoms with Crippen LogP contribution in [-0.2, 0) is 0 Å². The molecule has 5 nitrogen and oxygen atoms in total. The van der Waals surface area contributed by atoms with Gasteiger partial charge in [0.05, 0.1) is 11.7 Å². The summed E-state index contributed by atoms with van der Waals surface area (Å²) in [7, 11) is 0. The topological polar surface area (TPSA) is 67.3 Å². The summed E-state index contributed by atoms with van der Waals surface area (Å²) in [6.45, 7) is 4.46. The second-order valence-electron chi connectivity index (χ2n) is 5.90. The van der Waals surface area contributed by atoms with Gasteiger partial charge in [0, 0.05) is 12.6 Å². The van der Waals surface area contributed by atoms with Gasteiger partial charge in [-0.3, -0.25) is 0 Å². The minimum absolute atomic E-state index is 0.0868. The van der Waals surface area contributed by atoms with Crippen molar-refractivity contribution in [1.29, 1.82) is 0 Å². The molecule has 0 bridgehead atoms. The van der Waals surface area contributed by atoms with Gasteiger partial charge in [-0.1, -0.05) is 25.7 Å². The van der Waals surface area contributed by atoms with E-state index in [9.17, 15) is 5.11 Å². The van der Waals surface area contributed by atoms with Crippen molar-refractivity contribution < 1.29 is 9.84 Å². The van der Waals surface area contributed by atoms with Crippen LogP contribution in [0.15, 0.2) is 12.4 Å². The number of hydrogen-bond donors (Lipinski definition) is 2. The molecule has 5 heteroatoms. The summed E-state index contributed by atoms with van der Waals surface area (Å²) in [4.78, 5) is 8.24. The predicted octanol–water partition coefficient (Wildman–Crippen LogP) is 2.76. The maximum atomic E-state index is 10.6. The molecule has 0 unspecified atom stereocenters. The van der Waals surface area contributed by atoms with Crippen LogP contribution in [0.1, 0.15) is 52.4 Å². The van der Waals surface area contributed by atoms with E-state index in [1.807, 2.05) is 13.8 Å². The largest absolute Gasteiger partial charge is 0.475 e. The molecule has 0 spiro atoms. The van der Waals surface area contributed by atoms with Crippen LogP contribution in [0.25, 0.3) is 0 Å². The van der Waals surface area contributed by atoms with Crippen LogP contribution in [0.5, 0.6) is 5.88 Å². The smallest absolute Gasteiger partial charge is 0.218 e. The fourth-order valence-electron chi connectivity index (χ4n) is 2.56. The molecule has 2 N–H and O–H groups in total. The number of hydrogen-bond acceptors (Lipinski definition) is 5. The highest BCUT2D eigenvalue weighted by molar-refractivity contribution is 5.37. The van der Waals surface area contributed by atoms with Crippen molar-refractivity contribution in [2.24, 2.45) is 0 Å². The number of rotatable bonds is 5. The Kier molecular flexibility index (Phi) is 5.17. The van der Waals surface area contributed by atoms with E-state index in [2.05, 4.69) is 15.3 Å². The van der Waals surface area contributed by atoms with E-state index in [4.69, 9.17) is 4.74 Å². The van der Waals surface area contributed by atoms with Crippen LogP contribution in [0, 0.1) is 0 Å². The van der Waals surface area contributed by atoms with Gasteiger partial charge in [-0.25, -0.2) is 9.97 Å². The minimum atomic E-state index is -0.611. The summed E-state index contributed by atoms with van der Waals surface area (Å²) in [6, 6.07) is 1.78. The van der Waals surface area contributed by atoms with Crippen molar-refractivity contribution in [2.75, 3.05) is 11.9 Å². The van der Waals surface area contributed by atoms with Crippen LogP contribution >= 0.6 is 0 Å². The summed E-state index contributed by atoms with van der Waals surface area (Å²) in [6.07, 6.45) is 7.94. The molecule has 1 heterocycles. The molecule has 0 atom stereocenters. The van der Waals surface area contributed by atoms with Crippen molar-refractivity contribution in [3.05, 3.63) is 12.4 Å². The van der Waals surface area contributed by atoms with Crippen LogP contribution in [0.2, 0.25) is 0 Å². The molecule has 20 heavy (non-hydrogen) atoms. The number of aromatic nitrogens is 2. The predicted molar refractivity (Wildman–Crippen MR) is 78.9 cm³/mol. The van der Waals surface area contributed by atoms with Gasteiger partial charge >= 0.3 is 0 Å². The van der Waals surface area contributed by atoms with E-state index in [1.165, 1.54) is 19.2 Å².